The van der Waals surface area contributed by atoms with E-state index < -0.39 is 11.4 Å². The molecule has 0 aliphatic carbocycles. The molecule has 0 fully saturated rings. The molecule has 2 aromatic carbocycles. The molecule has 124 valence electrons. The van der Waals surface area contributed by atoms with E-state index >= 15 is 0 Å². The Morgan fingerprint density at radius 3 is 2.50 bits per heavy atom. The Hall–Kier alpha value is -2.82. The standard InChI is InChI=1S/C19H19NO4/c1-19(11-16(21)22)17-14(9-6-10-15(17)24-2)20(18(19)23)12-13-7-4-3-5-8-13/h3-10H,11-12H2,1-2H3,(H,21,22)/t19-/m1/s1. The second-order valence-corrected chi connectivity index (χ2v) is 6.13. The van der Waals surface area contributed by atoms with Gasteiger partial charge in [-0.05, 0) is 24.6 Å². The molecule has 2 aromatic rings. The van der Waals surface area contributed by atoms with Gasteiger partial charge in [0.15, 0.2) is 0 Å². The van der Waals surface area contributed by atoms with Gasteiger partial charge in [-0.25, -0.2) is 0 Å². The van der Waals surface area contributed by atoms with Crippen LogP contribution in [-0.2, 0) is 21.5 Å². The lowest BCUT2D eigenvalue weighted by Gasteiger charge is -2.23. The zero-order chi connectivity index (χ0) is 17.3. The highest BCUT2D eigenvalue weighted by atomic mass is 16.5. The molecule has 1 N–H and O–H groups in total. The summed E-state index contributed by atoms with van der Waals surface area (Å²) in [5, 5.41) is 9.31. The summed E-state index contributed by atoms with van der Waals surface area (Å²) in [7, 11) is 1.53. The molecule has 0 saturated carbocycles. The van der Waals surface area contributed by atoms with Crippen molar-refractivity contribution < 1.29 is 19.4 Å². The van der Waals surface area contributed by atoms with Gasteiger partial charge in [0, 0.05) is 5.56 Å². The maximum atomic E-state index is 13.1. The van der Waals surface area contributed by atoms with E-state index in [9.17, 15) is 14.7 Å². The van der Waals surface area contributed by atoms with Crippen molar-refractivity contribution in [2.45, 2.75) is 25.3 Å². The fourth-order valence-corrected chi connectivity index (χ4v) is 3.37. The van der Waals surface area contributed by atoms with Gasteiger partial charge in [-0.2, -0.15) is 0 Å². The summed E-state index contributed by atoms with van der Waals surface area (Å²) in [6, 6.07) is 15.1. The van der Waals surface area contributed by atoms with Gasteiger partial charge in [0.25, 0.3) is 0 Å². The number of rotatable bonds is 5. The molecule has 5 nitrogen and oxygen atoms in total. The monoisotopic (exact) mass is 325 g/mol. The fraction of sp³-hybridized carbons (Fsp3) is 0.263. The number of amides is 1. The molecule has 5 heteroatoms. The molecule has 1 aliphatic heterocycles. The summed E-state index contributed by atoms with van der Waals surface area (Å²) in [6.07, 6.45) is -0.273. The average Bonchev–Trinajstić information content (AvgIpc) is 2.77. The number of carboxylic acids is 1. The second-order valence-electron chi connectivity index (χ2n) is 6.13. The van der Waals surface area contributed by atoms with Gasteiger partial charge in [-0.15, -0.1) is 0 Å². The highest BCUT2D eigenvalue weighted by Crippen LogP contribution is 2.49. The Bertz CT molecular complexity index is 787. The minimum Gasteiger partial charge on any atom is -0.496 e. The fourth-order valence-electron chi connectivity index (χ4n) is 3.37. The van der Waals surface area contributed by atoms with Crippen LogP contribution in [0.5, 0.6) is 5.75 Å². The van der Waals surface area contributed by atoms with E-state index in [-0.39, 0.29) is 12.3 Å². The minimum absolute atomic E-state index is 0.215. The molecular weight excluding hydrogens is 306 g/mol. The number of nitrogens with zero attached hydrogens (tertiary/aromatic N) is 1. The van der Waals surface area contributed by atoms with Crippen molar-refractivity contribution in [2.24, 2.45) is 0 Å². The summed E-state index contributed by atoms with van der Waals surface area (Å²) in [4.78, 5) is 26.1. The van der Waals surface area contributed by atoms with E-state index in [0.29, 0.717) is 23.5 Å². The van der Waals surface area contributed by atoms with E-state index in [1.165, 1.54) is 7.11 Å². The molecule has 0 aromatic heterocycles. The Kier molecular flexibility index (Phi) is 4.01. The lowest BCUT2D eigenvalue weighted by Crippen LogP contribution is -2.39. The van der Waals surface area contributed by atoms with Crippen molar-refractivity contribution >= 4 is 17.6 Å². The predicted octanol–water partition coefficient (Wildman–Crippen LogP) is 2.97. The lowest BCUT2D eigenvalue weighted by atomic mass is 9.80. The average molecular weight is 325 g/mol. The number of carbonyl (C=O) groups excluding carboxylic acids is 1. The van der Waals surface area contributed by atoms with Crippen LogP contribution in [0.3, 0.4) is 0 Å². The number of methoxy groups -OCH3 is 1. The summed E-state index contributed by atoms with van der Waals surface area (Å²) < 4.78 is 5.41. The quantitative estimate of drug-likeness (QED) is 0.918. The maximum absolute atomic E-state index is 13.1. The summed E-state index contributed by atoms with van der Waals surface area (Å²) in [5.41, 5.74) is 1.21. The van der Waals surface area contributed by atoms with Gasteiger partial charge >= 0.3 is 5.97 Å². The van der Waals surface area contributed by atoms with Crippen LogP contribution in [0, 0.1) is 0 Å². The van der Waals surface area contributed by atoms with Crippen LogP contribution in [0.2, 0.25) is 0 Å². The van der Waals surface area contributed by atoms with E-state index in [1.807, 2.05) is 42.5 Å². The van der Waals surface area contributed by atoms with Crippen molar-refractivity contribution in [2.75, 3.05) is 12.0 Å². The van der Waals surface area contributed by atoms with Gasteiger partial charge in [-0.1, -0.05) is 36.4 Å². The first kappa shape index (κ1) is 16.1. The largest absolute Gasteiger partial charge is 0.496 e. The Morgan fingerprint density at radius 1 is 1.17 bits per heavy atom. The number of anilines is 1. The number of carbonyl (C=O) groups is 2. The highest BCUT2D eigenvalue weighted by Gasteiger charge is 2.50. The molecule has 0 saturated heterocycles. The molecule has 1 amide bonds. The number of fused-ring (bicyclic) bond motifs is 1. The van der Waals surface area contributed by atoms with Crippen LogP contribution in [0.15, 0.2) is 48.5 Å². The topological polar surface area (TPSA) is 66.8 Å². The molecule has 1 atom stereocenters. The number of ether oxygens (including phenoxy) is 1. The van der Waals surface area contributed by atoms with Crippen molar-refractivity contribution in [3.05, 3.63) is 59.7 Å². The smallest absolute Gasteiger partial charge is 0.304 e. The van der Waals surface area contributed by atoms with Crippen molar-refractivity contribution in [1.82, 2.24) is 0 Å². The summed E-state index contributed by atoms with van der Waals surface area (Å²) in [5.74, 6) is -0.683. The third-order valence-electron chi connectivity index (χ3n) is 4.47. The van der Waals surface area contributed by atoms with Crippen molar-refractivity contribution in [3.8, 4) is 5.75 Å². The van der Waals surface area contributed by atoms with Crippen LogP contribution >= 0.6 is 0 Å². The number of carboxylic acid groups (broad SMARTS) is 1. The Morgan fingerprint density at radius 2 is 1.88 bits per heavy atom. The third kappa shape index (κ3) is 2.52. The predicted molar refractivity (Wildman–Crippen MR) is 90.2 cm³/mol. The first-order valence-electron chi connectivity index (χ1n) is 7.72. The molecule has 0 bridgehead atoms. The van der Waals surface area contributed by atoms with Gasteiger partial charge in [0.1, 0.15) is 5.75 Å². The van der Waals surface area contributed by atoms with Gasteiger partial charge < -0.3 is 14.7 Å². The summed E-state index contributed by atoms with van der Waals surface area (Å²) >= 11 is 0. The van der Waals surface area contributed by atoms with Crippen LogP contribution < -0.4 is 9.64 Å². The Balaban J connectivity index is 2.11. The van der Waals surface area contributed by atoms with Crippen LogP contribution in [0.25, 0.3) is 0 Å². The maximum Gasteiger partial charge on any atom is 0.304 e. The third-order valence-corrected chi connectivity index (χ3v) is 4.47. The molecule has 0 radical (unpaired) electrons. The molecule has 1 aliphatic rings. The zero-order valence-electron chi connectivity index (χ0n) is 13.7. The SMILES string of the molecule is COc1cccc2c1[C@@](C)(CC(=O)O)C(=O)N2Cc1ccccc1. The molecule has 0 unspecified atom stereocenters. The number of aliphatic carboxylic acids is 1. The molecule has 3 rings (SSSR count). The van der Waals surface area contributed by atoms with Crippen LogP contribution in [0.4, 0.5) is 5.69 Å². The molecule has 1 heterocycles. The summed E-state index contributed by atoms with van der Waals surface area (Å²) in [6.45, 7) is 2.07. The van der Waals surface area contributed by atoms with Crippen LogP contribution in [0.1, 0.15) is 24.5 Å². The van der Waals surface area contributed by atoms with Crippen molar-refractivity contribution in [1.29, 1.82) is 0 Å². The minimum atomic E-state index is -1.14. The highest BCUT2D eigenvalue weighted by molar-refractivity contribution is 6.10. The molecule has 0 spiro atoms. The first-order chi connectivity index (χ1) is 11.5. The number of benzene rings is 2. The Labute approximate surface area is 140 Å². The van der Waals surface area contributed by atoms with E-state index in [1.54, 1.807) is 17.9 Å². The van der Waals surface area contributed by atoms with Gasteiger partial charge in [0.05, 0.1) is 31.2 Å². The van der Waals surface area contributed by atoms with Gasteiger partial charge in [0.2, 0.25) is 5.91 Å². The van der Waals surface area contributed by atoms with Crippen molar-refractivity contribution in [3.63, 3.8) is 0 Å². The normalized spacial score (nSPS) is 19.2. The number of hydrogen-bond donors (Lipinski definition) is 1. The zero-order valence-corrected chi connectivity index (χ0v) is 13.7. The number of hydrogen-bond acceptors (Lipinski definition) is 3. The lowest BCUT2D eigenvalue weighted by molar-refractivity contribution is -0.141. The molecule has 24 heavy (non-hydrogen) atoms. The van der Waals surface area contributed by atoms with Gasteiger partial charge in [-0.3, -0.25) is 9.59 Å². The first-order valence-corrected chi connectivity index (χ1v) is 7.72. The molecular formula is C19H19NO4. The van der Waals surface area contributed by atoms with E-state index in [2.05, 4.69) is 0 Å². The van der Waals surface area contributed by atoms with E-state index in [4.69, 9.17) is 4.74 Å². The van der Waals surface area contributed by atoms with E-state index in [0.717, 1.165) is 5.56 Å². The second kappa shape index (κ2) is 6.00. The van der Waals surface area contributed by atoms with Crippen LogP contribution in [-0.4, -0.2) is 24.1 Å².